The molecule has 0 aliphatic heterocycles. The van der Waals surface area contributed by atoms with Crippen LogP contribution in [0.15, 0.2) is 40.6 Å². The molecule has 0 aliphatic rings. The number of para-hydroxylation sites is 2. The van der Waals surface area contributed by atoms with E-state index in [1.165, 1.54) is 32.2 Å². The van der Waals surface area contributed by atoms with Crippen molar-refractivity contribution in [3.05, 3.63) is 45.9 Å². The van der Waals surface area contributed by atoms with Gasteiger partial charge in [-0.25, -0.2) is 10.4 Å². The van der Waals surface area contributed by atoms with Gasteiger partial charge in [-0.2, -0.15) is 5.10 Å². The second-order valence-corrected chi connectivity index (χ2v) is 7.22. The van der Waals surface area contributed by atoms with Crippen LogP contribution in [0.2, 0.25) is 10.0 Å². The Kier molecular flexibility index (Phi) is 6.66. The highest BCUT2D eigenvalue weighted by Gasteiger charge is 2.16. The molecule has 1 aromatic heterocycles. The van der Waals surface area contributed by atoms with E-state index in [0.29, 0.717) is 27.2 Å². The Morgan fingerprint density at radius 2 is 2.04 bits per heavy atom. The van der Waals surface area contributed by atoms with E-state index in [2.05, 4.69) is 20.5 Å². The highest BCUT2D eigenvalue weighted by Crippen LogP contribution is 2.41. The zero-order valence-electron chi connectivity index (χ0n) is 15.0. The van der Waals surface area contributed by atoms with Crippen molar-refractivity contribution in [1.29, 1.82) is 0 Å². The Morgan fingerprint density at radius 3 is 2.75 bits per heavy atom. The number of nitrogens with one attached hydrogen (secondary N) is 2. The third-order valence-corrected chi connectivity index (χ3v) is 5.17. The second kappa shape index (κ2) is 9.18. The van der Waals surface area contributed by atoms with Gasteiger partial charge in [0.1, 0.15) is 10.8 Å². The van der Waals surface area contributed by atoms with E-state index in [4.69, 9.17) is 32.7 Å². The number of thioether (sulfide) groups is 1. The molecule has 0 unspecified atom stereocenters. The summed E-state index contributed by atoms with van der Waals surface area (Å²) in [5.74, 6) is 0.519. The average molecular weight is 439 g/mol. The van der Waals surface area contributed by atoms with Crippen molar-refractivity contribution >= 4 is 58.1 Å². The Bertz CT molecular complexity index is 1010. The van der Waals surface area contributed by atoms with E-state index >= 15 is 0 Å². The molecule has 146 valence electrons. The van der Waals surface area contributed by atoms with Crippen LogP contribution < -0.4 is 14.9 Å². The van der Waals surface area contributed by atoms with Gasteiger partial charge in [0.2, 0.25) is 0 Å². The van der Waals surface area contributed by atoms with E-state index < -0.39 is 0 Å². The number of benzene rings is 2. The summed E-state index contributed by atoms with van der Waals surface area (Å²) in [6, 6.07) is 9.24. The molecular weight excluding hydrogens is 423 g/mol. The number of halogens is 2. The first-order chi connectivity index (χ1) is 13.5. The zero-order chi connectivity index (χ0) is 20.1. The van der Waals surface area contributed by atoms with Crippen molar-refractivity contribution in [2.24, 2.45) is 5.10 Å². The molecule has 0 saturated heterocycles. The Labute approximate surface area is 175 Å². The van der Waals surface area contributed by atoms with Crippen LogP contribution in [0.25, 0.3) is 11.0 Å². The van der Waals surface area contributed by atoms with Gasteiger partial charge in [-0.1, -0.05) is 47.1 Å². The standard InChI is InChI=1S/C18H16Cl2N4O3S/c1-26-16-10(7-11(19)17(27-2)15(16)20)8-21-24-14(25)9-28-18-22-12-5-3-4-6-13(12)23-18/h3-8H,9H2,1-2H3,(H,22,23)(H,24,25)/b21-8-. The van der Waals surface area contributed by atoms with Crippen molar-refractivity contribution in [3.8, 4) is 11.5 Å². The van der Waals surface area contributed by atoms with Crippen molar-refractivity contribution in [3.63, 3.8) is 0 Å². The normalized spacial score (nSPS) is 11.1. The number of aromatic nitrogens is 2. The first-order valence-electron chi connectivity index (χ1n) is 8.03. The number of ether oxygens (including phenoxy) is 2. The quantitative estimate of drug-likeness (QED) is 0.328. The van der Waals surface area contributed by atoms with Crippen LogP contribution in [0.1, 0.15) is 5.56 Å². The predicted molar refractivity (Wildman–Crippen MR) is 112 cm³/mol. The van der Waals surface area contributed by atoms with E-state index in [1.807, 2.05) is 24.3 Å². The number of H-pyrrole nitrogens is 1. The fraction of sp³-hybridized carbons (Fsp3) is 0.167. The predicted octanol–water partition coefficient (Wildman–Crippen LogP) is 4.13. The fourth-order valence-corrected chi connectivity index (χ4v) is 3.81. The lowest BCUT2D eigenvalue weighted by molar-refractivity contribution is -0.118. The molecule has 0 fully saturated rings. The summed E-state index contributed by atoms with van der Waals surface area (Å²) >= 11 is 13.6. The summed E-state index contributed by atoms with van der Waals surface area (Å²) in [5.41, 5.74) is 4.72. The molecule has 2 N–H and O–H groups in total. The molecule has 0 atom stereocenters. The number of amides is 1. The highest BCUT2D eigenvalue weighted by atomic mass is 35.5. The van der Waals surface area contributed by atoms with Crippen molar-refractivity contribution in [1.82, 2.24) is 15.4 Å². The molecule has 0 aliphatic carbocycles. The van der Waals surface area contributed by atoms with E-state index in [1.54, 1.807) is 6.07 Å². The molecule has 0 bridgehead atoms. The van der Waals surface area contributed by atoms with Gasteiger partial charge in [-0.15, -0.1) is 0 Å². The molecule has 0 spiro atoms. The summed E-state index contributed by atoms with van der Waals surface area (Å²) in [6.07, 6.45) is 1.40. The summed E-state index contributed by atoms with van der Waals surface area (Å²) in [5, 5.41) is 5.13. The SMILES string of the molecule is COc1c(Cl)cc(/C=N\NC(=O)CSc2nc3ccccc3[nH]2)c(OC)c1Cl. The number of aromatic amines is 1. The summed E-state index contributed by atoms with van der Waals surface area (Å²) in [7, 11) is 2.93. The van der Waals surface area contributed by atoms with Gasteiger partial charge >= 0.3 is 0 Å². The Hall–Kier alpha value is -2.42. The molecular formula is C18H16Cl2N4O3S. The number of rotatable bonds is 7. The molecule has 0 radical (unpaired) electrons. The number of imidazole rings is 1. The Morgan fingerprint density at radius 1 is 1.29 bits per heavy atom. The maximum Gasteiger partial charge on any atom is 0.250 e. The third-order valence-electron chi connectivity index (χ3n) is 3.67. The van der Waals surface area contributed by atoms with Gasteiger partial charge in [-0.3, -0.25) is 4.79 Å². The van der Waals surface area contributed by atoms with Crippen LogP contribution in [-0.2, 0) is 4.79 Å². The molecule has 1 amide bonds. The van der Waals surface area contributed by atoms with Gasteiger partial charge in [0, 0.05) is 5.56 Å². The van der Waals surface area contributed by atoms with Gasteiger partial charge in [0.15, 0.2) is 10.9 Å². The van der Waals surface area contributed by atoms with Gasteiger partial charge in [-0.05, 0) is 18.2 Å². The average Bonchev–Trinajstić information content (AvgIpc) is 3.10. The number of carbonyl (C=O) groups is 1. The molecule has 3 rings (SSSR count). The van der Waals surface area contributed by atoms with E-state index in [0.717, 1.165) is 11.0 Å². The molecule has 7 nitrogen and oxygen atoms in total. The highest BCUT2D eigenvalue weighted by molar-refractivity contribution is 7.99. The van der Waals surface area contributed by atoms with E-state index in [9.17, 15) is 4.79 Å². The minimum absolute atomic E-state index is 0.151. The van der Waals surface area contributed by atoms with Gasteiger partial charge in [0.25, 0.3) is 5.91 Å². The first-order valence-corrected chi connectivity index (χ1v) is 9.77. The fourth-order valence-electron chi connectivity index (χ4n) is 2.43. The maximum atomic E-state index is 12.0. The van der Waals surface area contributed by atoms with Crippen molar-refractivity contribution in [2.45, 2.75) is 5.16 Å². The summed E-state index contributed by atoms with van der Waals surface area (Å²) in [6.45, 7) is 0. The monoisotopic (exact) mass is 438 g/mol. The van der Waals surface area contributed by atoms with E-state index in [-0.39, 0.29) is 16.7 Å². The summed E-state index contributed by atoms with van der Waals surface area (Å²) < 4.78 is 10.4. The molecule has 2 aromatic carbocycles. The molecule has 10 heteroatoms. The lowest BCUT2D eigenvalue weighted by Crippen LogP contribution is -2.19. The van der Waals surface area contributed by atoms with Crippen LogP contribution >= 0.6 is 35.0 Å². The smallest absolute Gasteiger partial charge is 0.250 e. The number of hydrazone groups is 1. The van der Waals surface area contributed by atoms with Crippen molar-refractivity contribution < 1.29 is 14.3 Å². The van der Waals surface area contributed by atoms with Crippen LogP contribution in [0.3, 0.4) is 0 Å². The number of nitrogens with zero attached hydrogens (tertiary/aromatic N) is 2. The van der Waals surface area contributed by atoms with Crippen LogP contribution in [-0.4, -0.2) is 42.1 Å². The van der Waals surface area contributed by atoms with Crippen molar-refractivity contribution in [2.75, 3.05) is 20.0 Å². The molecule has 28 heavy (non-hydrogen) atoms. The number of hydrogen-bond donors (Lipinski definition) is 2. The number of methoxy groups -OCH3 is 2. The summed E-state index contributed by atoms with van der Waals surface area (Å²) in [4.78, 5) is 19.6. The molecule has 1 heterocycles. The van der Waals surface area contributed by atoms with Gasteiger partial charge in [0.05, 0.1) is 42.2 Å². The Balaban J connectivity index is 1.61. The zero-order valence-corrected chi connectivity index (χ0v) is 17.3. The largest absolute Gasteiger partial charge is 0.494 e. The minimum Gasteiger partial charge on any atom is -0.494 e. The number of hydrogen-bond acceptors (Lipinski definition) is 6. The molecule has 0 saturated carbocycles. The second-order valence-electron chi connectivity index (χ2n) is 5.47. The third kappa shape index (κ3) is 4.52. The lowest BCUT2D eigenvalue weighted by atomic mass is 10.2. The number of carbonyl (C=O) groups excluding carboxylic acids is 1. The maximum absolute atomic E-state index is 12.0. The van der Waals surface area contributed by atoms with Crippen LogP contribution in [0.4, 0.5) is 0 Å². The molecule has 3 aromatic rings. The van der Waals surface area contributed by atoms with Gasteiger partial charge < -0.3 is 14.5 Å². The van der Waals surface area contributed by atoms with Crippen LogP contribution in [0.5, 0.6) is 11.5 Å². The lowest BCUT2D eigenvalue weighted by Gasteiger charge is -2.12. The minimum atomic E-state index is -0.286. The topological polar surface area (TPSA) is 88.6 Å². The first kappa shape index (κ1) is 20.3. The number of fused-ring (bicyclic) bond motifs is 1. The van der Waals surface area contributed by atoms with Crippen LogP contribution in [0, 0.1) is 0 Å².